The summed E-state index contributed by atoms with van der Waals surface area (Å²) in [6.07, 6.45) is -0.349. The van der Waals surface area contributed by atoms with Crippen molar-refractivity contribution in [1.29, 1.82) is 0 Å². The van der Waals surface area contributed by atoms with Crippen LogP contribution < -0.4 is 5.32 Å². The first-order valence-electron chi connectivity index (χ1n) is 6.16. The molecule has 17 heavy (non-hydrogen) atoms. The monoisotopic (exact) mass is 244 g/mol. The maximum atomic E-state index is 11.5. The fourth-order valence-electron chi connectivity index (χ4n) is 1.73. The van der Waals surface area contributed by atoms with Gasteiger partial charge in [-0.25, -0.2) is 4.79 Å². The number of carbonyl (C=O) groups is 1. The fourth-order valence-corrected chi connectivity index (χ4v) is 1.73. The van der Waals surface area contributed by atoms with Crippen molar-refractivity contribution in [3.63, 3.8) is 0 Å². The lowest BCUT2D eigenvalue weighted by molar-refractivity contribution is 0.0301. The Morgan fingerprint density at radius 3 is 2.53 bits per heavy atom. The van der Waals surface area contributed by atoms with Crippen LogP contribution in [0.3, 0.4) is 0 Å². The minimum Gasteiger partial charge on any atom is -0.444 e. The molecule has 0 aliphatic carbocycles. The predicted molar refractivity (Wildman–Crippen MR) is 66.1 cm³/mol. The highest BCUT2D eigenvalue weighted by atomic mass is 16.6. The summed E-state index contributed by atoms with van der Waals surface area (Å²) in [5.74, 6) is 0. The second-order valence-corrected chi connectivity index (χ2v) is 5.46. The third-order valence-corrected chi connectivity index (χ3v) is 2.40. The number of nitrogens with one attached hydrogen (secondary N) is 1. The van der Waals surface area contributed by atoms with Gasteiger partial charge in [-0.3, -0.25) is 4.90 Å². The molecule has 1 saturated heterocycles. The molecule has 0 aromatic rings. The third kappa shape index (κ3) is 6.48. The van der Waals surface area contributed by atoms with E-state index in [-0.39, 0.29) is 12.1 Å². The molecule has 0 bridgehead atoms. The molecule has 100 valence electrons. The summed E-state index contributed by atoms with van der Waals surface area (Å²) in [6, 6.07) is 0.0861. The van der Waals surface area contributed by atoms with Gasteiger partial charge in [0.1, 0.15) is 5.60 Å². The number of rotatable bonds is 3. The molecule has 1 heterocycles. The number of carbonyl (C=O) groups excluding carboxylic acids is 1. The van der Waals surface area contributed by atoms with E-state index in [1.54, 1.807) is 0 Å². The zero-order valence-electron chi connectivity index (χ0n) is 11.3. The molecule has 1 aliphatic heterocycles. The highest BCUT2D eigenvalue weighted by molar-refractivity contribution is 5.68. The van der Waals surface area contributed by atoms with Crippen molar-refractivity contribution in [3.05, 3.63) is 0 Å². The van der Waals surface area contributed by atoms with E-state index in [0.717, 1.165) is 32.8 Å². The Labute approximate surface area is 103 Å². The summed E-state index contributed by atoms with van der Waals surface area (Å²) >= 11 is 0. The van der Waals surface area contributed by atoms with E-state index in [1.807, 2.05) is 27.7 Å². The zero-order valence-corrected chi connectivity index (χ0v) is 11.3. The van der Waals surface area contributed by atoms with Crippen LogP contribution in [0, 0.1) is 0 Å². The lowest BCUT2D eigenvalue weighted by Crippen LogP contribution is -2.47. The first-order chi connectivity index (χ1) is 7.87. The van der Waals surface area contributed by atoms with Crippen molar-refractivity contribution < 1.29 is 14.3 Å². The molecule has 1 atom stereocenters. The highest BCUT2D eigenvalue weighted by Crippen LogP contribution is 2.07. The molecule has 1 amide bonds. The topological polar surface area (TPSA) is 50.8 Å². The van der Waals surface area contributed by atoms with Gasteiger partial charge in [-0.1, -0.05) is 0 Å². The molecular weight excluding hydrogens is 220 g/mol. The predicted octanol–water partition coefficient (Wildman–Crippen LogP) is 1.23. The minimum atomic E-state index is -0.442. The number of amides is 1. The second kappa shape index (κ2) is 6.21. The summed E-state index contributed by atoms with van der Waals surface area (Å²) in [7, 11) is 0. The minimum absolute atomic E-state index is 0.0861. The summed E-state index contributed by atoms with van der Waals surface area (Å²) in [4.78, 5) is 13.8. The van der Waals surface area contributed by atoms with Gasteiger partial charge in [0.15, 0.2) is 0 Å². The van der Waals surface area contributed by atoms with Gasteiger partial charge >= 0.3 is 6.09 Å². The molecule has 0 aromatic heterocycles. The zero-order chi connectivity index (χ0) is 12.9. The van der Waals surface area contributed by atoms with Crippen LogP contribution in [0.15, 0.2) is 0 Å². The molecule has 0 aromatic carbocycles. The molecule has 1 aliphatic rings. The summed E-state index contributed by atoms with van der Waals surface area (Å²) in [5, 5.41) is 2.84. The van der Waals surface area contributed by atoms with Gasteiger partial charge in [0, 0.05) is 25.7 Å². The van der Waals surface area contributed by atoms with E-state index in [4.69, 9.17) is 9.47 Å². The van der Waals surface area contributed by atoms with Gasteiger partial charge in [-0.15, -0.1) is 0 Å². The lowest BCUT2D eigenvalue weighted by atomic mass is 10.2. The number of hydrogen-bond acceptors (Lipinski definition) is 4. The molecule has 0 saturated carbocycles. The lowest BCUT2D eigenvalue weighted by Gasteiger charge is -2.29. The Morgan fingerprint density at radius 2 is 2.00 bits per heavy atom. The van der Waals surface area contributed by atoms with Crippen molar-refractivity contribution in [2.75, 3.05) is 32.8 Å². The maximum absolute atomic E-state index is 11.5. The average Bonchev–Trinajstić information content (AvgIpc) is 2.15. The SMILES string of the molecule is C[C@@H](CN1CCOCC1)NC(=O)OC(C)(C)C. The standard InChI is InChI=1S/C12H24N2O3/c1-10(9-14-5-7-16-8-6-14)13-11(15)17-12(2,3)4/h10H,5-9H2,1-4H3,(H,13,15)/t10-/m0/s1. The van der Waals surface area contributed by atoms with Gasteiger partial charge < -0.3 is 14.8 Å². The average molecular weight is 244 g/mol. The van der Waals surface area contributed by atoms with E-state index in [9.17, 15) is 4.79 Å². The number of nitrogens with zero attached hydrogens (tertiary/aromatic N) is 1. The van der Waals surface area contributed by atoms with E-state index in [2.05, 4.69) is 10.2 Å². The second-order valence-electron chi connectivity index (χ2n) is 5.46. The first kappa shape index (κ1) is 14.3. The van der Waals surface area contributed by atoms with E-state index in [1.165, 1.54) is 0 Å². The largest absolute Gasteiger partial charge is 0.444 e. The van der Waals surface area contributed by atoms with Gasteiger partial charge in [0.05, 0.1) is 13.2 Å². The molecule has 0 spiro atoms. The number of ether oxygens (including phenoxy) is 2. The first-order valence-corrected chi connectivity index (χ1v) is 6.16. The van der Waals surface area contributed by atoms with Crippen molar-refractivity contribution in [2.24, 2.45) is 0 Å². The van der Waals surface area contributed by atoms with E-state index in [0.29, 0.717) is 0 Å². The summed E-state index contributed by atoms with van der Waals surface area (Å²) in [5.41, 5.74) is -0.442. The van der Waals surface area contributed by atoms with Crippen LogP contribution in [0.1, 0.15) is 27.7 Å². The third-order valence-electron chi connectivity index (χ3n) is 2.40. The number of alkyl carbamates (subject to hydrolysis) is 1. The Kier molecular flexibility index (Phi) is 5.21. The Hall–Kier alpha value is -0.810. The summed E-state index contributed by atoms with van der Waals surface area (Å²) in [6.45, 7) is 11.8. The molecule has 5 nitrogen and oxygen atoms in total. The van der Waals surface area contributed by atoms with Crippen LogP contribution in [0.2, 0.25) is 0 Å². The molecule has 1 N–H and O–H groups in total. The molecule has 0 unspecified atom stereocenters. The van der Waals surface area contributed by atoms with Crippen LogP contribution >= 0.6 is 0 Å². The van der Waals surface area contributed by atoms with Gasteiger partial charge in [0.2, 0.25) is 0 Å². The number of hydrogen-bond donors (Lipinski definition) is 1. The molecule has 5 heteroatoms. The smallest absolute Gasteiger partial charge is 0.407 e. The quantitative estimate of drug-likeness (QED) is 0.811. The highest BCUT2D eigenvalue weighted by Gasteiger charge is 2.19. The van der Waals surface area contributed by atoms with Crippen LogP contribution in [0.5, 0.6) is 0 Å². The fraction of sp³-hybridized carbons (Fsp3) is 0.917. The number of morpholine rings is 1. The van der Waals surface area contributed by atoms with Crippen molar-refractivity contribution in [1.82, 2.24) is 10.2 Å². The van der Waals surface area contributed by atoms with Crippen molar-refractivity contribution >= 4 is 6.09 Å². The van der Waals surface area contributed by atoms with Crippen molar-refractivity contribution in [3.8, 4) is 0 Å². The molecular formula is C12H24N2O3. The van der Waals surface area contributed by atoms with Gasteiger partial charge in [0.25, 0.3) is 0 Å². The molecule has 0 radical (unpaired) electrons. The van der Waals surface area contributed by atoms with Crippen molar-refractivity contribution in [2.45, 2.75) is 39.3 Å². The van der Waals surface area contributed by atoms with Crippen LogP contribution in [-0.4, -0.2) is 55.5 Å². The Morgan fingerprint density at radius 1 is 1.41 bits per heavy atom. The Bertz CT molecular complexity index is 245. The summed E-state index contributed by atoms with van der Waals surface area (Å²) < 4.78 is 10.5. The maximum Gasteiger partial charge on any atom is 0.407 e. The van der Waals surface area contributed by atoms with Crippen LogP contribution in [0.25, 0.3) is 0 Å². The van der Waals surface area contributed by atoms with E-state index < -0.39 is 5.60 Å². The van der Waals surface area contributed by atoms with Crippen LogP contribution in [-0.2, 0) is 9.47 Å². The molecule has 1 fully saturated rings. The van der Waals surface area contributed by atoms with Gasteiger partial charge in [-0.05, 0) is 27.7 Å². The van der Waals surface area contributed by atoms with E-state index >= 15 is 0 Å². The normalized spacial score (nSPS) is 19.8. The Balaban J connectivity index is 2.23. The van der Waals surface area contributed by atoms with Gasteiger partial charge in [-0.2, -0.15) is 0 Å². The van der Waals surface area contributed by atoms with Crippen LogP contribution in [0.4, 0.5) is 4.79 Å². The molecule has 1 rings (SSSR count).